The van der Waals surface area contributed by atoms with Crippen LogP contribution in [0.25, 0.3) is 22.3 Å². The van der Waals surface area contributed by atoms with Crippen LogP contribution in [0.1, 0.15) is 63.3 Å². The molecular formula is C39H40N10O12. The third-order valence-electron chi connectivity index (χ3n) is 9.78. The normalized spacial score (nSPS) is 25.1. The minimum absolute atomic E-state index is 0.0305. The maximum Gasteiger partial charge on any atom is 0.303 e. The molecule has 3 aliphatic rings. The van der Waals surface area contributed by atoms with E-state index in [4.69, 9.17) is 43.6 Å². The number of hydrogen-bond donors (Lipinski definition) is 2. The number of esters is 3. The first kappa shape index (κ1) is 41.1. The molecule has 61 heavy (non-hydrogen) atoms. The number of carbonyl (C=O) groups is 4. The summed E-state index contributed by atoms with van der Waals surface area (Å²) in [7, 11) is 0. The van der Waals surface area contributed by atoms with E-state index in [-0.39, 0.29) is 54.4 Å². The Morgan fingerprint density at radius 1 is 0.820 bits per heavy atom. The maximum atomic E-state index is 12.9. The predicted octanol–water partition coefficient (Wildman–Crippen LogP) is 1.61. The number of imidazole rings is 2. The smallest absolute Gasteiger partial charge is 0.303 e. The zero-order chi connectivity index (χ0) is 43.0. The van der Waals surface area contributed by atoms with Crippen molar-refractivity contribution < 1.29 is 57.1 Å². The van der Waals surface area contributed by atoms with Gasteiger partial charge in [0.15, 0.2) is 70.2 Å². The minimum atomic E-state index is -1.25. The summed E-state index contributed by atoms with van der Waals surface area (Å²) >= 11 is 0. The highest BCUT2D eigenvalue weighted by molar-refractivity contribution is 6.06. The number of nitrogens with two attached hydrogens (primary N) is 1. The molecule has 22 heteroatoms. The standard InChI is InChI=1S/C39H40N10O12/c1-19(50)55-15-24-28(56-20(2)51)30(57-21(3)52)38(59-24)49-25(46-26-32(40)41-16-44-35(26)49)12-9-13-54-14-23-29-31(61-39(4,5)60-29)37(58-23)48-18-45-27-33(42-17-43-34(27)48)47-36(53)22-10-7-6-8-11-22/h6-8,10-11,16-18,23-24,28-31,37-38H,13-15H2,1-5H3,(H2,40,41,44)(H,42,43,47,53)/t23-,24-,28+,29?,30?,31+,37-,38-/m1/s1. The van der Waals surface area contributed by atoms with Gasteiger partial charge in [0.25, 0.3) is 5.91 Å². The fourth-order valence-corrected chi connectivity index (χ4v) is 7.41. The summed E-state index contributed by atoms with van der Waals surface area (Å²) in [5, 5.41) is 2.81. The van der Waals surface area contributed by atoms with Gasteiger partial charge in [-0.3, -0.25) is 28.3 Å². The molecule has 8 rings (SSSR count). The predicted molar refractivity (Wildman–Crippen MR) is 207 cm³/mol. The van der Waals surface area contributed by atoms with E-state index in [0.717, 1.165) is 0 Å². The SMILES string of the molecule is CC(=O)OC[C@H]1O[C@@H](n2c(C#CCOC[C@H]3O[C@@H](n4cnc5c(NC(=O)c6ccccc6)ncnc54)[C@H]4OC(C)(C)OC34)nc3c(N)ncnc32)C(OC(C)=O)[C@H]1OC(C)=O. The van der Waals surface area contributed by atoms with Crippen molar-refractivity contribution in [1.82, 2.24) is 39.0 Å². The molecule has 7 heterocycles. The van der Waals surface area contributed by atoms with E-state index in [0.29, 0.717) is 16.7 Å². The van der Waals surface area contributed by atoms with Crippen molar-refractivity contribution in [3.8, 4) is 11.8 Å². The number of nitrogen functional groups attached to an aromatic ring is 1. The molecule has 318 valence electrons. The number of anilines is 2. The zero-order valence-electron chi connectivity index (χ0n) is 33.4. The van der Waals surface area contributed by atoms with Crippen LogP contribution in [0.3, 0.4) is 0 Å². The van der Waals surface area contributed by atoms with Crippen molar-refractivity contribution >= 4 is 57.8 Å². The molecule has 5 aromatic rings. The van der Waals surface area contributed by atoms with Gasteiger partial charge in [-0.15, -0.1) is 0 Å². The average Bonchev–Trinajstić information content (AvgIpc) is 4.02. The minimum Gasteiger partial charge on any atom is -0.463 e. The molecule has 3 aliphatic heterocycles. The van der Waals surface area contributed by atoms with E-state index in [1.807, 2.05) is 6.07 Å². The largest absolute Gasteiger partial charge is 0.463 e. The molecule has 0 aliphatic carbocycles. The lowest BCUT2D eigenvalue weighted by Gasteiger charge is -2.24. The molecule has 0 spiro atoms. The molecule has 1 amide bonds. The van der Waals surface area contributed by atoms with Crippen molar-refractivity contribution in [3.05, 3.63) is 60.7 Å². The van der Waals surface area contributed by atoms with E-state index >= 15 is 0 Å². The number of rotatable bonds is 11. The molecule has 2 unspecified atom stereocenters. The molecule has 8 atom stereocenters. The maximum absolute atomic E-state index is 12.9. The van der Waals surface area contributed by atoms with Crippen LogP contribution in [0, 0.1) is 11.8 Å². The van der Waals surface area contributed by atoms with Gasteiger partial charge in [0.2, 0.25) is 0 Å². The van der Waals surface area contributed by atoms with Crippen LogP contribution in [-0.4, -0.2) is 125 Å². The van der Waals surface area contributed by atoms with Crippen molar-refractivity contribution in [2.24, 2.45) is 0 Å². The van der Waals surface area contributed by atoms with Crippen LogP contribution in [0.15, 0.2) is 49.3 Å². The molecule has 3 saturated heterocycles. The quantitative estimate of drug-likeness (QED) is 0.0828. The van der Waals surface area contributed by atoms with Crippen molar-refractivity contribution in [2.75, 3.05) is 30.9 Å². The lowest BCUT2D eigenvalue weighted by Crippen LogP contribution is -2.40. The van der Waals surface area contributed by atoms with Gasteiger partial charge in [-0.2, -0.15) is 0 Å². The zero-order valence-corrected chi connectivity index (χ0v) is 33.4. The number of nitrogens with zero attached hydrogens (tertiary/aromatic N) is 8. The Labute approximate surface area is 346 Å². The molecule has 1 aromatic carbocycles. The first-order valence-corrected chi connectivity index (χ1v) is 19.0. The van der Waals surface area contributed by atoms with E-state index < -0.39 is 72.8 Å². The van der Waals surface area contributed by atoms with Crippen LogP contribution in [0.5, 0.6) is 0 Å². The second kappa shape index (κ2) is 16.8. The molecule has 0 radical (unpaired) electrons. The number of aromatic nitrogens is 8. The highest BCUT2D eigenvalue weighted by atomic mass is 16.8. The van der Waals surface area contributed by atoms with Gasteiger partial charge in [-0.05, 0) is 31.9 Å². The van der Waals surface area contributed by atoms with E-state index in [2.05, 4.69) is 47.1 Å². The first-order chi connectivity index (χ1) is 29.3. The Balaban J connectivity index is 1.01. The Hall–Kier alpha value is -6.64. The summed E-state index contributed by atoms with van der Waals surface area (Å²) in [5.74, 6) is 2.93. The van der Waals surface area contributed by atoms with Crippen LogP contribution < -0.4 is 11.1 Å². The highest BCUT2D eigenvalue weighted by Crippen LogP contribution is 2.44. The van der Waals surface area contributed by atoms with Crippen molar-refractivity contribution in [2.45, 2.75) is 89.5 Å². The summed E-state index contributed by atoms with van der Waals surface area (Å²) in [6.45, 7) is 6.77. The van der Waals surface area contributed by atoms with E-state index in [1.165, 1.54) is 38.0 Å². The lowest BCUT2D eigenvalue weighted by molar-refractivity contribution is -0.201. The van der Waals surface area contributed by atoms with Gasteiger partial charge in [0.05, 0.1) is 12.9 Å². The first-order valence-electron chi connectivity index (χ1n) is 19.0. The highest BCUT2D eigenvalue weighted by Gasteiger charge is 2.56. The molecular weight excluding hydrogens is 800 g/mol. The number of ether oxygens (including phenoxy) is 8. The van der Waals surface area contributed by atoms with Gasteiger partial charge in [-0.25, -0.2) is 29.9 Å². The second-order valence-electron chi connectivity index (χ2n) is 14.6. The van der Waals surface area contributed by atoms with E-state index in [9.17, 15) is 19.2 Å². The van der Waals surface area contributed by atoms with E-state index in [1.54, 1.807) is 49.0 Å². The molecule has 3 fully saturated rings. The molecule has 0 bridgehead atoms. The number of hydrogen-bond acceptors (Lipinski definition) is 19. The molecule has 0 saturated carbocycles. The van der Waals surface area contributed by atoms with Gasteiger partial charge in [-0.1, -0.05) is 24.1 Å². The van der Waals surface area contributed by atoms with Crippen LogP contribution in [0.4, 0.5) is 11.6 Å². The monoisotopic (exact) mass is 840 g/mol. The summed E-state index contributed by atoms with van der Waals surface area (Å²) in [6, 6.07) is 8.72. The number of benzene rings is 1. The van der Waals surface area contributed by atoms with Gasteiger partial charge in [0, 0.05) is 26.3 Å². The molecule has 3 N–H and O–H groups in total. The van der Waals surface area contributed by atoms with Crippen LogP contribution >= 0.6 is 0 Å². The van der Waals surface area contributed by atoms with Gasteiger partial charge >= 0.3 is 17.9 Å². The third kappa shape index (κ3) is 8.41. The number of carbonyl (C=O) groups excluding carboxylic acids is 4. The third-order valence-corrected chi connectivity index (χ3v) is 9.78. The van der Waals surface area contributed by atoms with Gasteiger partial charge < -0.3 is 48.9 Å². The number of nitrogens with one attached hydrogen (secondary N) is 1. The summed E-state index contributed by atoms with van der Waals surface area (Å²) in [6.07, 6.45) is -3.14. The van der Waals surface area contributed by atoms with Crippen molar-refractivity contribution in [1.29, 1.82) is 0 Å². The summed E-state index contributed by atoms with van der Waals surface area (Å²) < 4.78 is 50.8. The van der Waals surface area contributed by atoms with Crippen LogP contribution in [0.2, 0.25) is 0 Å². The topological polar surface area (TPSA) is 267 Å². The molecule has 4 aromatic heterocycles. The second-order valence-corrected chi connectivity index (χ2v) is 14.6. The Kier molecular flexibility index (Phi) is 11.3. The number of fused-ring (bicyclic) bond motifs is 3. The Morgan fingerprint density at radius 2 is 1.52 bits per heavy atom. The number of amides is 1. The fourth-order valence-electron chi connectivity index (χ4n) is 7.41. The van der Waals surface area contributed by atoms with Gasteiger partial charge in [0.1, 0.15) is 50.3 Å². The molecule has 22 nitrogen and oxygen atoms in total. The van der Waals surface area contributed by atoms with Crippen molar-refractivity contribution in [3.63, 3.8) is 0 Å². The summed E-state index contributed by atoms with van der Waals surface area (Å²) in [4.78, 5) is 75.3. The average molecular weight is 841 g/mol. The lowest BCUT2D eigenvalue weighted by atomic mass is 10.1. The Morgan fingerprint density at radius 3 is 2.28 bits per heavy atom. The summed E-state index contributed by atoms with van der Waals surface area (Å²) in [5.41, 5.74) is 7.72. The van der Waals surface area contributed by atoms with Crippen LogP contribution in [-0.2, 0) is 52.3 Å². The fraction of sp³-hybridized carbons (Fsp3) is 0.436. The Bertz CT molecular complexity index is 2550.